The fourth-order valence-corrected chi connectivity index (χ4v) is 2.07. The Morgan fingerprint density at radius 1 is 1.38 bits per heavy atom. The van der Waals surface area contributed by atoms with Gasteiger partial charge >= 0.3 is 11.7 Å². The summed E-state index contributed by atoms with van der Waals surface area (Å²) in [4.78, 5) is 21.3. The summed E-state index contributed by atoms with van der Waals surface area (Å²) >= 11 is 0. The zero-order valence-electron chi connectivity index (χ0n) is 11.7. The average molecular weight is 317 g/mol. The van der Waals surface area contributed by atoms with Crippen molar-refractivity contribution < 1.29 is 27.6 Å². The first-order chi connectivity index (χ1) is 9.61. The summed E-state index contributed by atoms with van der Waals surface area (Å²) in [6.07, 6.45) is 0.607. The summed E-state index contributed by atoms with van der Waals surface area (Å²) in [5.41, 5.74) is -0.532. The number of benzene rings is 1. The molecule has 0 saturated heterocycles. The lowest BCUT2D eigenvalue weighted by atomic mass is 10.3. The molecule has 0 atom stereocenters. The first-order valence-electron chi connectivity index (χ1n) is 5.92. The molecule has 0 aliphatic carbocycles. The highest BCUT2D eigenvalue weighted by Crippen LogP contribution is 2.29. The van der Waals surface area contributed by atoms with Crippen LogP contribution in [-0.4, -0.2) is 38.3 Å². The molecule has 0 radical (unpaired) electrons. The first-order valence-corrected chi connectivity index (χ1v) is 7.81. The van der Waals surface area contributed by atoms with E-state index < -0.39 is 33.0 Å². The highest BCUT2D eigenvalue weighted by atomic mass is 32.2. The third-order valence-electron chi connectivity index (χ3n) is 2.27. The Kier molecular flexibility index (Phi) is 5.25. The van der Waals surface area contributed by atoms with Gasteiger partial charge in [-0.1, -0.05) is 0 Å². The van der Waals surface area contributed by atoms with Gasteiger partial charge < -0.3 is 9.47 Å². The molecule has 0 aromatic heterocycles. The molecule has 8 nitrogen and oxygen atoms in total. The molecule has 0 amide bonds. The highest BCUT2D eigenvalue weighted by molar-refractivity contribution is 7.90. The third kappa shape index (κ3) is 5.03. The number of ether oxygens (including phenoxy) is 2. The number of carbonyl (C=O) groups is 1. The second kappa shape index (κ2) is 6.53. The van der Waals surface area contributed by atoms with Crippen LogP contribution in [0.25, 0.3) is 0 Å². The van der Waals surface area contributed by atoms with E-state index in [1.54, 1.807) is 13.8 Å². The molecule has 0 saturated carbocycles. The van der Waals surface area contributed by atoms with Crippen molar-refractivity contribution in [2.75, 3.05) is 12.9 Å². The Morgan fingerprint density at radius 2 is 2.00 bits per heavy atom. The molecule has 1 aromatic rings. The number of nitro benzene ring substituents is 1. The number of sulfone groups is 1. The van der Waals surface area contributed by atoms with E-state index in [1.807, 2.05) is 0 Å². The summed E-state index contributed by atoms with van der Waals surface area (Å²) in [6.45, 7) is 2.81. The van der Waals surface area contributed by atoms with Gasteiger partial charge in [-0.15, -0.1) is 0 Å². The largest absolute Gasteiger partial charge is 0.475 e. The van der Waals surface area contributed by atoms with Gasteiger partial charge in [-0.25, -0.2) is 13.2 Å². The van der Waals surface area contributed by atoms with Gasteiger partial charge in [0.2, 0.25) is 0 Å². The van der Waals surface area contributed by atoms with Crippen molar-refractivity contribution in [1.82, 2.24) is 0 Å². The monoisotopic (exact) mass is 317 g/mol. The molecule has 0 aliphatic rings. The van der Waals surface area contributed by atoms with Gasteiger partial charge in [-0.2, -0.15) is 0 Å². The van der Waals surface area contributed by atoms with Gasteiger partial charge in [0.05, 0.1) is 15.9 Å². The maximum atomic E-state index is 11.4. The standard InChI is InChI=1S/C12H15NO7S/c1-8(2)20-12(14)7-19-11-5-4-9(21(3,17)18)6-10(11)13(15)16/h4-6,8H,7H2,1-3H3. The van der Waals surface area contributed by atoms with E-state index in [2.05, 4.69) is 0 Å². The van der Waals surface area contributed by atoms with Crippen LogP contribution in [0, 0.1) is 10.1 Å². The number of nitrogens with zero attached hydrogens (tertiary/aromatic N) is 1. The molecule has 21 heavy (non-hydrogen) atoms. The minimum absolute atomic E-state index is 0.201. The smallest absolute Gasteiger partial charge is 0.344 e. The van der Waals surface area contributed by atoms with Crippen molar-refractivity contribution in [3.05, 3.63) is 28.3 Å². The third-order valence-corrected chi connectivity index (χ3v) is 3.38. The van der Waals surface area contributed by atoms with Crippen LogP contribution in [0.1, 0.15) is 13.8 Å². The number of nitro groups is 1. The number of rotatable bonds is 6. The van der Waals surface area contributed by atoms with Gasteiger partial charge in [0.25, 0.3) is 0 Å². The lowest BCUT2D eigenvalue weighted by molar-refractivity contribution is -0.386. The van der Waals surface area contributed by atoms with Crippen molar-refractivity contribution in [2.45, 2.75) is 24.8 Å². The highest BCUT2D eigenvalue weighted by Gasteiger charge is 2.20. The van der Waals surface area contributed by atoms with Gasteiger partial charge in [0.15, 0.2) is 22.2 Å². The molecule has 0 heterocycles. The molecule has 0 aliphatic heterocycles. The average Bonchev–Trinajstić information content (AvgIpc) is 2.34. The lowest BCUT2D eigenvalue weighted by Crippen LogP contribution is -2.19. The zero-order valence-corrected chi connectivity index (χ0v) is 12.5. The van der Waals surface area contributed by atoms with E-state index in [-0.39, 0.29) is 16.7 Å². The van der Waals surface area contributed by atoms with E-state index in [0.717, 1.165) is 18.4 Å². The van der Waals surface area contributed by atoms with Crippen LogP contribution in [0.3, 0.4) is 0 Å². The van der Waals surface area contributed by atoms with Crippen LogP contribution in [0.5, 0.6) is 5.75 Å². The molecule has 116 valence electrons. The number of carbonyl (C=O) groups excluding carboxylic acids is 1. The van der Waals surface area contributed by atoms with E-state index in [0.29, 0.717) is 0 Å². The van der Waals surface area contributed by atoms with Crippen LogP contribution in [-0.2, 0) is 19.4 Å². The van der Waals surface area contributed by atoms with Crippen LogP contribution < -0.4 is 4.74 Å². The maximum Gasteiger partial charge on any atom is 0.344 e. The fraction of sp³-hybridized carbons (Fsp3) is 0.417. The van der Waals surface area contributed by atoms with Gasteiger partial charge in [-0.05, 0) is 26.0 Å². The van der Waals surface area contributed by atoms with Gasteiger partial charge in [0, 0.05) is 12.3 Å². The molecule has 0 N–H and O–H groups in total. The molecule has 1 rings (SSSR count). The van der Waals surface area contributed by atoms with Crippen LogP contribution in [0.4, 0.5) is 5.69 Å². The molecule has 0 unspecified atom stereocenters. The summed E-state index contributed by atoms with van der Waals surface area (Å²) in [5.74, 6) is -0.875. The maximum absolute atomic E-state index is 11.4. The first kappa shape index (κ1) is 16.9. The Bertz CT molecular complexity index is 652. The molecule has 0 spiro atoms. The second-order valence-corrected chi connectivity index (χ2v) is 6.50. The molecular weight excluding hydrogens is 302 g/mol. The molecule has 0 fully saturated rings. The molecular formula is C12H15NO7S. The SMILES string of the molecule is CC(C)OC(=O)COc1ccc(S(C)(=O)=O)cc1[N+](=O)[O-]. The van der Waals surface area contributed by atoms with E-state index in [9.17, 15) is 23.3 Å². The normalized spacial score (nSPS) is 11.2. The molecule has 0 bridgehead atoms. The predicted molar refractivity (Wildman–Crippen MR) is 72.9 cm³/mol. The van der Waals surface area contributed by atoms with E-state index >= 15 is 0 Å². The summed E-state index contributed by atoms with van der Waals surface area (Å²) in [5, 5.41) is 10.9. The minimum atomic E-state index is -3.57. The predicted octanol–water partition coefficient (Wildman–Crippen LogP) is 1.33. The van der Waals surface area contributed by atoms with Crippen molar-refractivity contribution in [3.63, 3.8) is 0 Å². The fourth-order valence-electron chi connectivity index (χ4n) is 1.43. The van der Waals surface area contributed by atoms with Crippen LogP contribution in [0.15, 0.2) is 23.1 Å². The van der Waals surface area contributed by atoms with Crippen LogP contribution >= 0.6 is 0 Å². The number of esters is 1. The zero-order chi connectivity index (χ0) is 16.2. The number of hydrogen-bond donors (Lipinski definition) is 0. The Hall–Kier alpha value is -2.16. The number of hydrogen-bond acceptors (Lipinski definition) is 7. The van der Waals surface area contributed by atoms with Gasteiger partial charge in [-0.3, -0.25) is 10.1 Å². The minimum Gasteiger partial charge on any atom is -0.475 e. The van der Waals surface area contributed by atoms with Crippen LogP contribution in [0.2, 0.25) is 0 Å². The summed E-state index contributed by atoms with van der Waals surface area (Å²) in [6, 6.07) is 3.20. The molecule has 1 aromatic carbocycles. The summed E-state index contributed by atoms with van der Waals surface area (Å²) < 4.78 is 32.6. The Morgan fingerprint density at radius 3 is 2.48 bits per heavy atom. The second-order valence-electron chi connectivity index (χ2n) is 4.49. The van der Waals surface area contributed by atoms with Crippen molar-refractivity contribution in [3.8, 4) is 5.75 Å². The Labute approximate surface area is 121 Å². The topological polar surface area (TPSA) is 113 Å². The summed E-state index contributed by atoms with van der Waals surface area (Å²) in [7, 11) is -3.57. The Balaban J connectivity index is 2.98. The quantitative estimate of drug-likeness (QED) is 0.442. The van der Waals surface area contributed by atoms with E-state index in [4.69, 9.17) is 9.47 Å². The van der Waals surface area contributed by atoms with Crippen molar-refractivity contribution >= 4 is 21.5 Å². The molecule has 9 heteroatoms. The van der Waals surface area contributed by atoms with E-state index in [1.165, 1.54) is 6.07 Å². The lowest BCUT2D eigenvalue weighted by Gasteiger charge is -2.10. The van der Waals surface area contributed by atoms with Gasteiger partial charge in [0.1, 0.15) is 0 Å². The van der Waals surface area contributed by atoms with Crippen molar-refractivity contribution in [1.29, 1.82) is 0 Å². The van der Waals surface area contributed by atoms with Crippen molar-refractivity contribution in [2.24, 2.45) is 0 Å².